The molecule has 8 rings (SSSR count). The quantitative estimate of drug-likeness (QED) is 0.0247. The van der Waals surface area contributed by atoms with E-state index in [0.29, 0.717) is 25.9 Å². The van der Waals surface area contributed by atoms with Gasteiger partial charge >= 0.3 is 12.4 Å². The minimum absolute atomic E-state index is 0.0616. The van der Waals surface area contributed by atoms with Crippen LogP contribution in [-0.2, 0) is 39.4 Å². The number of anilines is 1. The number of allylic oxidation sites excluding steroid dienone is 8. The third kappa shape index (κ3) is 12.4. The van der Waals surface area contributed by atoms with Crippen molar-refractivity contribution in [1.29, 1.82) is 0 Å². The highest BCUT2D eigenvalue weighted by Crippen LogP contribution is 2.51. The van der Waals surface area contributed by atoms with Crippen molar-refractivity contribution in [2.75, 3.05) is 29.5 Å². The number of fused-ring (bicyclic) bond motifs is 6. The maximum Gasteiger partial charge on any atom is 0.420 e. The summed E-state index contributed by atoms with van der Waals surface area (Å²) in [4.78, 5) is 2.15. The van der Waals surface area contributed by atoms with Crippen molar-refractivity contribution in [3.63, 3.8) is 0 Å². The Morgan fingerprint density at radius 2 is 1.03 bits per heavy atom. The number of benzene rings is 6. The van der Waals surface area contributed by atoms with E-state index in [1.54, 1.807) is 0 Å². The van der Waals surface area contributed by atoms with Crippen LogP contribution < -0.4 is 4.90 Å². The number of alkyl halides is 6. The topological polar surface area (TPSA) is 93.0 Å². The van der Waals surface area contributed by atoms with Crippen LogP contribution in [0.4, 0.5) is 37.7 Å². The Bertz CT molecular complexity index is 3420. The zero-order chi connectivity index (χ0) is 53.8. The fourth-order valence-electron chi connectivity index (χ4n) is 10.4. The molecule has 0 aromatic heterocycles. The summed E-state index contributed by atoms with van der Waals surface area (Å²) in [5.41, 5.74) is 4.45. The van der Waals surface area contributed by atoms with Gasteiger partial charge in [-0.15, -0.1) is 0 Å². The number of hydrogen-bond acceptors (Lipinski definition) is 7. The van der Waals surface area contributed by atoms with Gasteiger partial charge in [-0.1, -0.05) is 159 Å². The van der Waals surface area contributed by atoms with Gasteiger partial charge in [0.1, 0.15) is 6.54 Å². The van der Waals surface area contributed by atoms with Crippen molar-refractivity contribution in [3.8, 4) is 0 Å². The average molecular weight is 1070 g/mol. The fourth-order valence-corrected chi connectivity index (χ4v) is 12.7. The van der Waals surface area contributed by atoms with Gasteiger partial charge in [-0.3, -0.25) is 8.37 Å². The molecule has 2 aliphatic heterocycles. The number of rotatable bonds is 20. The van der Waals surface area contributed by atoms with Crippen molar-refractivity contribution in [2.45, 2.75) is 88.8 Å². The molecular formula is C59H59F6N2O6S2+. The summed E-state index contributed by atoms with van der Waals surface area (Å²) in [6, 6.07) is 37.7. The van der Waals surface area contributed by atoms with Crippen LogP contribution in [0.25, 0.3) is 21.5 Å². The Kier molecular flexibility index (Phi) is 16.2. The lowest BCUT2D eigenvalue weighted by atomic mass is 9.79. The molecule has 8 nitrogen and oxygen atoms in total. The number of nitrogens with zero attached hydrogens (tertiary/aromatic N) is 2. The molecule has 6 aromatic carbocycles. The summed E-state index contributed by atoms with van der Waals surface area (Å²) in [6.07, 6.45) is -0.704. The molecule has 0 saturated heterocycles. The molecule has 0 fully saturated rings. The first kappa shape index (κ1) is 54.9. The molecule has 2 unspecified atom stereocenters. The van der Waals surface area contributed by atoms with Gasteiger partial charge in [0.2, 0.25) is 5.69 Å². The Balaban J connectivity index is 0.989. The summed E-state index contributed by atoms with van der Waals surface area (Å²) in [5, 5.41) is 4.28. The lowest BCUT2D eigenvalue weighted by Gasteiger charge is -2.27. The SMILES string of the molecule is CC1(C)C(/C=C/C=C/C=C/C=C2/N(CCCCS(=O)(=O)OC(c3ccccc3)C(F)(F)F)c3ccc4ccccc4c3C2(C)C)=[N+](CCCCS(=O)(=O)OC(c2ccccc2)C(F)(F)F)c2ccc3ccccc3c21. The maximum atomic E-state index is 14.0. The smallest absolute Gasteiger partial charge is 0.344 e. The summed E-state index contributed by atoms with van der Waals surface area (Å²) >= 11 is 0. The molecule has 0 spiro atoms. The zero-order valence-electron chi connectivity index (χ0n) is 42.0. The van der Waals surface area contributed by atoms with Crippen molar-refractivity contribution in [2.24, 2.45) is 0 Å². The van der Waals surface area contributed by atoms with Crippen molar-refractivity contribution < 1.29 is 56.1 Å². The molecule has 0 aliphatic carbocycles. The zero-order valence-corrected chi connectivity index (χ0v) is 43.6. The van der Waals surface area contributed by atoms with Crippen molar-refractivity contribution in [1.82, 2.24) is 0 Å². The highest BCUT2D eigenvalue weighted by Gasteiger charge is 2.48. The molecule has 0 amide bonds. The first-order valence-corrected chi connectivity index (χ1v) is 27.9. The predicted molar refractivity (Wildman–Crippen MR) is 285 cm³/mol. The van der Waals surface area contributed by atoms with E-state index in [1.165, 1.54) is 60.7 Å². The molecule has 0 bridgehead atoms. The van der Waals surface area contributed by atoms with Crippen LogP contribution in [0.3, 0.4) is 0 Å². The molecule has 75 heavy (non-hydrogen) atoms. The van der Waals surface area contributed by atoms with Crippen LogP contribution in [0.1, 0.15) is 87.8 Å². The molecule has 6 aromatic rings. The summed E-state index contributed by atoms with van der Waals surface area (Å²) in [6.45, 7) is 9.30. The first-order chi connectivity index (χ1) is 35.5. The lowest BCUT2D eigenvalue weighted by Crippen LogP contribution is -2.28. The molecule has 2 aliphatic rings. The lowest BCUT2D eigenvalue weighted by molar-refractivity contribution is -0.438. The van der Waals surface area contributed by atoms with Crippen LogP contribution in [0.5, 0.6) is 0 Å². The van der Waals surface area contributed by atoms with Crippen LogP contribution >= 0.6 is 0 Å². The minimum atomic E-state index is -4.94. The van der Waals surface area contributed by atoms with Crippen LogP contribution in [0.15, 0.2) is 182 Å². The van der Waals surface area contributed by atoms with E-state index in [4.69, 9.17) is 8.37 Å². The number of halogens is 6. The van der Waals surface area contributed by atoms with E-state index in [0.717, 1.165) is 55.5 Å². The number of hydrogen-bond donors (Lipinski definition) is 0. The van der Waals surface area contributed by atoms with Gasteiger partial charge in [0.25, 0.3) is 20.2 Å². The van der Waals surface area contributed by atoms with Crippen molar-refractivity contribution >= 4 is 58.9 Å². The monoisotopic (exact) mass is 1070 g/mol. The van der Waals surface area contributed by atoms with Crippen LogP contribution in [-0.4, -0.2) is 64.1 Å². The van der Waals surface area contributed by atoms with E-state index in [1.807, 2.05) is 103 Å². The molecule has 2 heterocycles. The third-order valence-electron chi connectivity index (χ3n) is 13.8. The Morgan fingerprint density at radius 3 is 1.59 bits per heavy atom. The molecule has 0 N–H and O–H groups in total. The van der Waals surface area contributed by atoms with E-state index in [2.05, 4.69) is 49.3 Å². The second-order valence-electron chi connectivity index (χ2n) is 19.8. The summed E-state index contributed by atoms with van der Waals surface area (Å²) in [5.74, 6) is -1.18. The maximum absolute atomic E-state index is 14.0. The fraction of sp³-hybridized carbons (Fsp3) is 0.305. The largest absolute Gasteiger partial charge is 0.420 e. The first-order valence-electron chi connectivity index (χ1n) is 24.7. The second kappa shape index (κ2) is 22.1. The average Bonchev–Trinajstić information content (AvgIpc) is 3.77. The van der Waals surface area contributed by atoms with E-state index in [-0.39, 0.29) is 24.0 Å². The molecule has 2 atom stereocenters. The minimum Gasteiger partial charge on any atom is -0.344 e. The van der Waals surface area contributed by atoms with Gasteiger partial charge in [0.05, 0.1) is 16.9 Å². The summed E-state index contributed by atoms with van der Waals surface area (Å²) in [7, 11) is -9.11. The normalized spacial score (nSPS) is 17.3. The molecular weight excluding hydrogens is 1010 g/mol. The van der Waals surface area contributed by atoms with Gasteiger partial charge in [-0.2, -0.15) is 47.8 Å². The van der Waals surface area contributed by atoms with E-state index in [9.17, 15) is 43.2 Å². The summed E-state index contributed by atoms with van der Waals surface area (Å²) < 4.78 is 148. The van der Waals surface area contributed by atoms with E-state index < -0.39 is 67.1 Å². The standard InChI is InChI=1S/C59H59F6N2O6S2/c1-56(2)50(66(48-36-34-42-24-16-18-30-46(42)52(48)56)38-20-22-40-74(68,69)72-54(58(60,61)62)44-26-10-8-11-27-44)32-14-6-5-7-15-33-51-57(3,4)53-47-31-19-17-25-43(47)35-37-49(53)67(51)39-21-23-41-75(70,71)73-55(59(63,64)65)45-28-12-9-13-29-45/h5-19,24-37,54-55H,20-23,38-41H2,1-4H3/q+1. The third-order valence-corrected chi connectivity index (χ3v) is 16.3. The molecule has 394 valence electrons. The van der Waals surface area contributed by atoms with E-state index >= 15 is 0 Å². The Hall–Kier alpha value is -6.33. The van der Waals surface area contributed by atoms with Crippen LogP contribution in [0, 0.1) is 0 Å². The Labute approximate surface area is 435 Å². The highest BCUT2D eigenvalue weighted by atomic mass is 32.2. The van der Waals surface area contributed by atoms with Crippen molar-refractivity contribution in [3.05, 3.63) is 204 Å². The molecule has 0 saturated carbocycles. The number of unbranched alkanes of at least 4 members (excludes halogenated alkanes) is 2. The van der Waals surface area contributed by atoms with Gasteiger partial charge in [-0.25, -0.2) is 0 Å². The van der Waals surface area contributed by atoms with Gasteiger partial charge in [-0.05, 0) is 89.6 Å². The van der Waals surface area contributed by atoms with Gasteiger partial charge < -0.3 is 4.90 Å². The molecule has 0 radical (unpaired) electrons. The van der Waals surface area contributed by atoms with Gasteiger partial charge in [0, 0.05) is 47.5 Å². The molecule has 16 heteroatoms. The highest BCUT2D eigenvalue weighted by molar-refractivity contribution is 7.86. The van der Waals surface area contributed by atoms with Crippen LogP contribution in [0.2, 0.25) is 0 Å². The predicted octanol–water partition coefficient (Wildman–Crippen LogP) is 14.6. The Morgan fingerprint density at radius 1 is 0.547 bits per heavy atom. The van der Waals surface area contributed by atoms with Gasteiger partial charge in [0.15, 0.2) is 17.9 Å². The second-order valence-corrected chi connectivity index (χ2v) is 23.2.